The van der Waals surface area contributed by atoms with Crippen LogP contribution in [0.1, 0.15) is 5.56 Å². The highest BCUT2D eigenvalue weighted by molar-refractivity contribution is 5.29. The molecule has 0 atom stereocenters. The quantitative estimate of drug-likeness (QED) is 0.906. The summed E-state index contributed by atoms with van der Waals surface area (Å²) in [5.74, 6) is -1.14. The van der Waals surface area contributed by atoms with Crippen LogP contribution in [0.4, 0.5) is 8.78 Å². The Hall–Kier alpha value is -2.01. The van der Waals surface area contributed by atoms with E-state index in [2.05, 4.69) is 10.3 Å². The molecule has 0 amide bonds. The molecule has 0 saturated heterocycles. The number of nitrogens with one attached hydrogen (secondary N) is 1. The zero-order chi connectivity index (χ0) is 13.0. The van der Waals surface area contributed by atoms with Gasteiger partial charge in [0.1, 0.15) is 5.82 Å². The molecule has 0 unspecified atom stereocenters. The van der Waals surface area contributed by atoms with Crippen molar-refractivity contribution in [3.05, 3.63) is 53.7 Å². The van der Waals surface area contributed by atoms with Crippen LogP contribution in [0.25, 0.3) is 0 Å². The summed E-state index contributed by atoms with van der Waals surface area (Å²) in [5, 5.41) is 2.98. The number of pyridine rings is 1. The Bertz CT molecular complexity index is 529. The summed E-state index contributed by atoms with van der Waals surface area (Å²) in [7, 11) is 1.83. The Labute approximate surface area is 103 Å². The summed E-state index contributed by atoms with van der Waals surface area (Å²) < 4.78 is 31.4. The van der Waals surface area contributed by atoms with E-state index in [4.69, 9.17) is 4.74 Å². The smallest absolute Gasteiger partial charge is 0.219 e. The summed E-state index contributed by atoms with van der Waals surface area (Å²) >= 11 is 0. The number of benzene rings is 1. The van der Waals surface area contributed by atoms with E-state index in [1.54, 1.807) is 18.3 Å². The van der Waals surface area contributed by atoms with Crippen LogP contribution in [0.3, 0.4) is 0 Å². The van der Waals surface area contributed by atoms with Crippen LogP contribution in [-0.2, 0) is 6.54 Å². The Balaban J connectivity index is 2.15. The van der Waals surface area contributed by atoms with Gasteiger partial charge >= 0.3 is 0 Å². The average Bonchev–Trinajstić information content (AvgIpc) is 2.37. The minimum atomic E-state index is -0.627. The Kier molecular flexibility index (Phi) is 3.84. The second-order valence-corrected chi connectivity index (χ2v) is 3.71. The molecule has 0 saturated carbocycles. The first-order chi connectivity index (χ1) is 8.69. The molecule has 18 heavy (non-hydrogen) atoms. The summed E-state index contributed by atoms with van der Waals surface area (Å²) in [4.78, 5) is 4.01. The molecule has 1 N–H and O–H groups in total. The van der Waals surface area contributed by atoms with Gasteiger partial charge in [-0.15, -0.1) is 0 Å². The fraction of sp³-hybridized carbons (Fsp3) is 0.154. The topological polar surface area (TPSA) is 34.1 Å². The molecule has 1 heterocycles. The lowest BCUT2D eigenvalue weighted by Gasteiger charge is -2.06. The lowest BCUT2D eigenvalue weighted by atomic mass is 10.3. The van der Waals surface area contributed by atoms with Gasteiger partial charge in [0.2, 0.25) is 5.88 Å². The summed E-state index contributed by atoms with van der Waals surface area (Å²) in [6.45, 7) is 0.682. The first-order valence-corrected chi connectivity index (χ1v) is 5.41. The molecule has 0 aliphatic rings. The van der Waals surface area contributed by atoms with Gasteiger partial charge in [-0.1, -0.05) is 6.07 Å². The third kappa shape index (κ3) is 3.01. The maximum Gasteiger partial charge on any atom is 0.219 e. The van der Waals surface area contributed by atoms with E-state index in [0.717, 1.165) is 23.8 Å². The van der Waals surface area contributed by atoms with E-state index in [9.17, 15) is 8.78 Å². The number of hydrogen-bond acceptors (Lipinski definition) is 3. The molecule has 5 heteroatoms. The predicted molar refractivity (Wildman–Crippen MR) is 63.4 cm³/mol. The van der Waals surface area contributed by atoms with Crippen LogP contribution >= 0.6 is 0 Å². The van der Waals surface area contributed by atoms with Crippen LogP contribution < -0.4 is 10.1 Å². The van der Waals surface area contributed by atoms with Crippen LogP contribution in [0.2, 0.25) is 0 Å². The van der Waals surface area contributed by atoms with Gasteiger partial charge in [0, 0.05) is 24.9 Å². The van der Waals surface area contributed by atoms with E-state index >= 15 is 0 Å². The lowest BCUT2D eigenvalue weighted by molar-refractivity contribution is 0.422. The monoisotopic (exact) mass is 250 g/mol. The number of hydrogen-bond donors (Lipinski definition) is 1. The third-order valence-corrected chi connectivity index (χ3v) is 2.29. The van der Waals surface area contributed by atoms with Crippen LogP contribution in [-0.4, -0.2) is 12.0 Å². The maximum atomic E-state index is 13.3. The third-order valence-electron chi connectivity index (χ3n) is 2.29. The average molecular weight is 250 g/mol. The van der Waals surface area contributed by atoms with Gasteiger partial charge < -0.3 is 10.1 Å². The molecule has 94 valence electrons. The van der Waals surface area contributed by atoms with Crippen molar-refractivity contribution >= 4 is 0 Å². The van der Waals surface area contributed by atoms with Gasteiger partial charge in [0.05, 0.1) is 0 Å². The summed E-state index contributed by atoms with van der Waals surface area (Å²) in [6.07, 6.45) is 1.61. The molecule has 1 aromatic heterocycles. The molecule has 0 radical (unpaired) electrons. The highest BCUT2D eigenvalue weighted by Gasteiger charge is 2.07. The van der Waals surface area contributed by atoms with Crippen molar-refractivity contribution in [2.24, 2.45) is 0 Å². The number of rotatable bonds is 4. The van der Waals surface area contributed by atoms with Crippen molar-refractivity contribution in [2.45, 2.75) is 6.54 Å². The fourth-order valence-corrected chi connectivity index (χ4v) is 1.45. The van der Waals surface area contributed by atoms with Gasteiger partial charge in [0.15, 0.2) is 11.6 Å². The van der Waals surface area contributed by atoms with Crippen molar-refractivity contribution in [2.75, 3.05) is 7.05 Å². The van der Waals surface area contributed by atoms with Gasteiger partial charge in [-0.2, -0.15) is 0 Å². The zero-order valence-electron chi connectivity index (χ0n) is 9.78. The summed E-state index contributed by atoms with van der Waals surface area (Å²) in [5.41, 5.74) is 0.976. The number of ether oxygens (including phenoxy) is 1. The largest absolute Gasteiger partial charge is 0.436 e. The zero-order valence-corrected chi connectivity index (χ0v) is 9.78. The minimum Gasteiger partial charge on any atom is -0.436 e. The first kappa shape index (κ1) is 12.4. The molecular weight excluding hydrogens is 238 g/mol. The Morgan fingerprint density at radius 2 is 2.06 bits per heavy atom. The second kappa shape index (κ2) is 5.55. The van der Waals surface area contributed by atoms with Crippen molar-refractivity contribution in [3.8, 4) is 11.6 Å². The van der Waals surface area contributed by atoms with Crippen molar-refractivity contribution in [1.29, 1.82) is 0 Å². The molecule has 0 fully saturated rings. The number of aromatic nitrogens is 1. The molecule has 2 aromatic rings. The van der Waals surface area contributed by atoms with Gasteiger partial charge in [-0.05, 0) is 24.7 Å². The number of halogens is 2. The molecule has 0 aliphatic heterocycles. The van der Waals surface area contributed by atoms with Crippen LogP contribution in [0.15, 0.2) is 36.5 Å². The van der Waals surface area contributed by atoms with Crippen LogP contribution in [0, 0.1) is 11.6 Å². The molecule has 0 bridgehead atoms. The van der Waals surface area contributed by atoms with E-state index in [0.29, 0.717) is 6.54 Å². The number of nitrogens with zero attached hydrogens (tertiary/aromatic N) is 1. The predicted octanol–water partition coefficient (Wildman–Crippen LogP) is 2.87. The van der Waals surface area contributed by atoms with E-state index < -0.39 is 11.6 Å². The van der Waals surface area contributed by atoms with Gasteiger partial charge in [0.25, 0.3) is 0 Å². The van der Waals surface area contributed by atoms with Gasteiger partial charge in [-0.3, -0.25) is 0 Å². The van der Waals surface area contributed by atoms with Crippen molar-refractivity contribution in [1.82, 2.24) is 10.3 Å². The fourth-order valence-electron chi connectivity index (χ4n) is 1.45. The molecule has 0 spiro atoms. The standard InChI is InChI=1S/C13H12F2N2O/c1-16-7-9-2-5-13(17-8-9)18-12-6-10(14)3-4-11(12)15/h2-6,8,16H,7H2,1H3. The Morgan fingerprint density at radius 1 is 1.22 bits per heavy atom. The van der Waals surface area contributed by atoms with E-state index in [1.165, 1.54) is 0 Å². The molecular formula is C13H12F2N2O. The molecule has 1 aromatic carbocycles. The molecule has 0 aliphatic carbocycles. The van der Waals surface area contributed by atoms with E-state index in [1.807, 2.05) is 7.05 Å². The first-order valence-electron chi connectivity index (χ1n) is 5.41. The van der Waals surface area contributed by atoms with Crippen molar-refractivity contribution < 1.29 is 13.5 Å². The highest BCUT2D eigenvalue weighted by atomic mass is 19.1. The van der Waals surface area contributed by atoms with Crippen molar-refractivity contribution in [3.63, 3.8) is 0 Å². The SMILES string of the molecule is CNCc1ccc(Oc2cc(F)ccc2F)nc1. The molecule has 3 nitrogen and oxygen atoms in total. The van der Waals surface area contributed by atoms with Crippen LogP contribution in [0.5, 0.6) is 11.6 Å². The summed E-state index contributed by atoms with van der Waals surface area (Å²) in [6, 6.07) is 6.44. The molecule has 2 rings (SSSR count). The second-order valence-electron chi connectivity index (χ2n) is 3.71. The maximum absolute atomic E-state index is 13.3. The lowest BCUT2D eigenvalue weighted by Crippen LogP contribution is -2.05. The van der Waals surface area contributed by atoms with E-state index in [-0.39, 0.29) is 11.6 Å². The van der Waals surface area contributed by atoms with Gasteiger partial charge in [-0.25, -0.2) is 13.8 Å². The normalized spacial score (nSPS) is 10.4. The minimum absolute atomic E-state index is 0.177. The Morgan fingerprint density at radius 3 is 2.72 bits per heavy atom. The highest BCUT2D eigenvalue weighted by Crippen LogP contribution is 2.23.